The molecule has 2 rings (SSSR count). The number of hydrogen-bond donors (Lipinski definition) is 0. The van der Waals surface area contributed by atoms with Gasteiger partial charge in [0.05, 0.1) is 4.47 Å². The van der Waals surface area contributed by atoms with Gasteiger partial charge >= 0.3 is 5.95 Å². The summed E-state index contributed by atoms with van der Waals surface area (Å²) in [6.45, 7) is 1.89. The van der Waals surface area contributed by atoms with Gasteiger partial charge in [0.25, 0.3) is 4.73 Å². The molecule has 0 saturated carbocycles. The first-order valence-electron chi connectivity index (χ1n) is 4.38. The molecule has 7 nitrogen and oxygen atoms in total. The average molecular weight is 363 g/mol. The molecule has 0 aliphatic rings. The van der Waals surface area contributed by atoms with Gasteiger partial charge in [0, 0.05) is 27.2 Å². The van der Waals surface area contributed by atoms with Crippen LogP contribution in [0.4, 0.5) is 5.95 Å². The van der Waals surface area contributed by atoms with Crippen LogP contribution in [0.5, 0.6) is 0 Å². The van der Waals surface area contributed by atoms with Crippen molar-refractivity contribution in [3.63, 3.8) is 0 Å². The molecule has 88 valence electrons. The number of nitro groups is 1. The summed E-state index contributed by atoms with van der Waals surface area (Å²) in [6, 6.07) is 1.84. The molecule has 17 heavy (non-hydrogen) atoms. The second kappa shape index (κ2) is 4.49. The Labute approximate surface area is 112 Å². The van der Waals surface area contributed by atoms with Crippen molar-refractivity contribution in [2.75, 3.05) is 0 Å². The van der Waals surface area contributed by atoms with Crippen LogP contribution in [0.25, 0.3) is 5.82 Å². The minimum Gasteiger partial charge on any atom is -0.390 e. The monoisotopic (exact) mass is 361 g/mol. The van der Waals surface area contributed by atoms with Crippen LogP contribution >= 0.6 is 31.9 Å². The molecule has 0 spiro atoms. The summed E-state index contributed by atoms with van der Waals surface area (Å²) in [5.74, 6) is -0.0470. The van der Waals surface area contributed by atoms with Crippen LogP contribution in [0, 0.1) is 17.0 Å². The van der Waals surface area contributed by atoms with Crippen LogP contribution in [0.1, 0.15) is 5.56 Å². The first-order valence-corrected chi connectivity index (χ1v) is 5.97. The number of rotatable bonds is 2. The number of halogens is 2. The summed E-state index contributed by atoms with van der Waals surface area (Å²) in [7, 11) is 0. The highest BCUT2D eigenvalue weighted by Gasteiger charge is 2.22. The van der Waals surface area contributed by atoms with Crippen molar-refractivity contribution < 1.29 is 4.92 Å². The Morgan fingerprint density at radius 2 is 2.18 bits per heavy atom. The third kappa shape index (κ3) is 2.34. The lowest BCUT2D eigenvalue weighted by Gasteiger charge is -2.00. The van der Waals surface area contributed by atoms with Gasteiger partial charge in [-0.3, -0.25) is 0 Å². The number of nitrogens with zero attached hydrogens (tertiary/aromatic N) is 5. The Morgan fingerprint density at radius 3 is 2.71 bits per heavy atom. The molecule has 2 aromatic heterocycles. The summed E-state index contributed by atoms with van der Waals surface area (Å²) >= 11 is 6.42. The largest absolute Gasteiger partial charge is 0.492 e. The first-order chi connectivity index (χ1) is 7.99. The van der Waals surface area contributed by atoms with Crippen molar-refractivity contribution in [1.29, 1.82) is 0 Å². The average Bonchev–Trinajstić information content (AvgIpc) is 2.61. The summed E-state index contributed by atoms with van der Waals surface area (Å²) in [4.78, 5) is 17.7. The molecule has 0 atom stereocenters. The van der Waals surface area contributed by atoms with Crippen LogP contribution in [0.3, 0.4) is 0 Å². The molecule has 0 bridgehead atoms. The summed E-state index contributed by atoms with van der Waals surface area (Å²) in [6.07, 6.45) is 1.64. The van der Waals surface area contributed by atoms with Crippen molar-refractivity contribution in [3.8, 4) is 5.82 Å². The van der Waals surface area contributed by atoms with E-state index in [4.69, 9.17) is 0 Å². The molecular formula is C8H5Br2N5O2. The highest BCUT2D eigenvalue weighted by atomic mass is 79.9. The van der Waals surface area contributed by atoms with Crippen LogP contribution in [-0.2, 0) is 0 Å². The quantitative estimate of drug-likeness (QED) is 0.604. The van der Waals surface area contributed by atoms with Crippen LogP contribution in [0.15, 0.2) is 21.5 Å². The molecule has 0 unspecified atom stereocenters. The van der Waals surface area contributed by atoms with E-state index < -0.39 is 10.9 Å². The van der Waals surface area contributed by atoms with Gasteiger partial charge in [0.15, 0.2) is 5.82 Å². The lowest BCUT2D eigenvalue weighted by Crippen LogP contribution is -2.02. The van der Waals surface area contributed by atoms with E-state index >= 15 is 0 Å². The van der Waals surface area contributed by atoms with Gasteiger partial charge in [-0.1, -0.05) is 0 Å². The molecule has 2 heterocycles. The van der Waals surface area contributed by atoms with Gasteiger partial charge in [0.2, 0.25) is 0 Å². The van der Waals surface area contributed by atoms with Gasteiger partial charge in [-0.25, -0.2) is 4.98 Å². The third-order valence-electron chi connectivity index (χ3n) is 1.88. The van der Waals surface area contributed by atoms with E-state index in [-0.39, 0.29) is 4.73 Å². The molecule has 0 fully saturated rings. The van der Waals surface area contributed by atoms with E-state index in [2.05, 4.69) is 46.9 Å². The zero-order valence-electron chi connectivity index (χ0n) is 8.46. The maximum Gasteiger partial charge on any atom is 0.492 e. The molecule has 9 heteroatoms. The molecule has 0 N–H and O–H groups in total. The summed E-state index contributed by atoms with van der Waals surface area (Å²) in [5.41, 5.74) is 0.964. The first kappa shape index (κ1) is 12.1. The fourth-order valence-corrected chi connectivity index (χ4v) is 2.21. The van der Waals surface area contributed by atoms with Gasteiger partial charge in [0.1, 0.15) is 0 Å². The zero-order chi connectivity index (χ0) is 12.6. The predicted molar refractivity (Wildman–Crippen MR) is 65.9 cm³/mol. The van der Waals surface area contributed by atoms with Crippen molar-refractivity contribution >= 4 is 37.8 Å². The fraction of sp³-hybridized carbons (Fsp3) is 0.125. The SMILES string of the molecule is Cc1cnc(-n2nc([N+](=O)[O-])nc2Br)c(Br)c1. The van der Waals surface area contributed by atoms with Crippen molar-refractivity contribution in [3.05, 3.63) is 37.1 Å². The molecule has 0 amide bonds. The minimum absolute atomic E-state index is 0.223. The smallest absolute Gasteiger partial charge is 0.390 e. The third-order valence-corrected chi connectivity index (χ3v) is 2.98. The topological polar surface area (TPSA) is 86.7 Å². The maximum absolute atomic E-state index is 10.6. The second-order valence-electron chi connectivity index (χ2n) is 3.17. The molecule has 2 aromatic rings. The van der Waals surface area contributed by atoms with Crippen molar-refractivity contribution in [2.24, 2.45) is 0 Å². The molecule has 0 aliphatic heterocycles. The number of aryl methyl sites for hydroxylation is 1. The lowest BCUT2D eigenvalue weighted by molar-refractivity contribution is -0.394. The van der Waals surface area contributed by atoms with Crippen LogP contribution < -0.4 is 0 Å². The molecular weight excluding hydrogens is 358 g/mol. The van der Waals surface area contributed by atoms with Gasteiger partial charge in [-0.2, -0.15) is 0 Å². The standard InChI is InChI=1S/C8H5Br2N5O2/c1-4-2-5(9)6(11-3-4)14-7(10)12-8(13-14)15(16)17/h2-3H,1H3. The zero-order valence-corrected chi connectivity index (χ0v) is 11.6. The predicted octanol–water partition coefficient (Wildman–Crippen LogP) is 2.40. The van der Waals surface area contributed by atoms with Crippen LogP contribution in [-0.4, -0.2) is 24.7 Å². The van der Waals surface area contributed by atoms with Gasteiger partial charge in [-0.05, 0) is 44.4 Å². The van der Waals surface area contributed by atoms with E-state index in [1.54, 1.807) is 6.20 Å². The van der Waals surface area contributed by atoms with E-state index in [1.807, 2.05) is 13.0 Å². The maximum atomic E-state index is 10.6. The Hall–Kier alpha value is -1.35. The van der Waals surface area contributed by atoms with Crippen molar-refractivity contribution in [1.82, 2.24) is 19.7 Å². The van der Waals surface area contributed by atoms with E-state index in [9.17, 15) is 10.1 Å². The molecule has 0 aliphatic carbocycles. The van der Waals surface area contributed by atoms with Gasteiger partial charge < -0.3 is 10.1 Å². The second-order valence-corrected chi connectivity index (χ2v) is 4.73. The van der Waals surface area contributed by atoms with E-state index in [1.165, 1.54) is 4.68 Å². The van der Waals surface area contributed by atoms with Crippen molar-refractivity contribution in [2.45, 2.75) is 6.92 Å². The Bertz CT molecular complexity index is 598. The van der Waals surface area contributed by atoms with Crippen LogP contribution in [0.2, 0.25) is 0 Å². The highest BCUT2D eigenvalue weighted by Crippen LogP contribution is 2.23. The molecule has 0 radical (unpaired) electrons. The normalized spacial score (nSPS) is 10.5. The Balaban J connectivity index is 2.56. The fourth-order valence-electron chi connectivity index (χ4n) is 1.18. The van der Waals surface area contributed by atoms with E-state index in [0.717, 1.165) is 5.56 Å². The number of pyridine rings is 1. The number of hydrogen-bond acceptors (Lipinski definition) is 5. The van der Waals surface area contributed by atoms with Gasteiger partial charge in [-0.15, -0.1) is 4.68 Å². The minimum atomic E-state index is -0.663. The highest BCUT2D eigenvalue weighted by molar-refractivity contribution is 9.10. The van der Waals surface area contributed by atoms with E-state index in [0.29, 0.717) is 10.3 Å². The Morgan fingerprint density at radius 1 is 1.47 bits per heavy atom. The summed E-state index contributed by atoms with van der Waals surface area (Å²) < 4.78 is 2.15. The Kier molecular flexibility index (Phi) is 3.20. The number of aromatic nitrogens is 4. The summed E-state index contributed by atoms with van der Waals surface area (Å²) in [5, 5.41) is 14.3. The molecule has 0 saturated heterocycles. The lowest BCUT2D eigenvalue weighted by atomic mass is 10.3. The molecule has 0 aromatic carbocycles.